The van der Waals surface area contributed by atoms with E-state index in [0.717, 1.165) is 29.3 Å². The Balaban J connectivity index is 2.33. The molecular weight excluding hydrogens is 286 g/mol. The molecule has 0 saturated heterocycles. The first kappa shape index (κ1) is 14.9. The molecule has 108 valence electrons. The van der Waals surface area contributed by atoms with Crippen LogP contribution in [0.2, 0.25) is 0 Å². The van der Waals surface area contributed by atoms with E-state index in [1.54, 1.807) is 0 Å². The lowest BCUT2D eigenvalue weighted by atomic mass is 10.3. The highest BCUT2D eigenvalue weighted by Crippen LogP contribution is 2.32. The molecule has 0 bridgehead atoms. The smallest absolute Gasteiger partial charge is 0.207 e. The molecule has 0 radical (unpaired) electrons. The van der Waals surface area contributed by atoms with Crippen molar-refractivity contribution in [3.8, 4) is 6.07 Å². The monoisotopic (exact) mass is 300 g/mol. The lowest BCUT2D eigenvalue weighted by molar-refractivity contribution is 0.399. The second kappa shape index (κ2) is 5.85. The molecule has 2 rings (SSSR count). The Bertz CT molecular complexity index is 636. The van der Waals surface area contributed by atoms with Crippen LogP contribution >= 0.6 is 0 Å². The highest BCUT2D eigenvalue weighted by molar-refractivity contribution is 7.89. The molecule has 0 N–H and O–H groups in total. The van der Waals surface area contributed by atoms with Gasteiger partial charge in [-0.1, -0.05) is 0 Å². The van der Waals surface area contributed by atoms with Crippen molar-refractivity contribution < 1.29 is 17.2 Å². The van der Waals surface area contributed by atoms with Gasteiger partial charge in [-0.25, -0.2) is 17.2 Å². The van der Waals surface area contributed by atoms with Crippen LogP contribution in [0.5, 0.6) is 0 Å². The van der Waals surface area contributed by atoms with Crippen LogP contribution in [0.15, 0.2) is 23.1 Å². The van der Waals surface area contributed by atoms with Crippen LogP contribution < -0.4 is 0 Å². The number of rotatable bonds is 6. The predicted molar refractivity (Wildman–Crippen MR) is 68.1 cm³/mol. The van der Waals surface area contributed by atoms with E-state index >= 15 is 0 Å². The molecule has 0 aliphatic heterocycles. The zero-order chi connectivity index (χ0) is 14.8. The van der Waals surface area contributed by atoms with Gasteiger partial charge in [-0.15, -0.1) is 0 Å². The molecule has 1 aromatic rings. The number of hydrogen-bond acceptors (Lipinski definition) is 3. The van der Waals surface area contributed by atoms with E-state index in [1.807, 2.05) is 6.07 Å². The van der Waals surface area contributed by atoms with Crippen LogP contribution in [0.3, 0.4) is 0 Å². The molecule has 0 aromatic heterocycles. The van der Waals surface area contributed by atoms with Gasteiger partial charge in [0.05, 0.1) is 6.07 Å². The summed E-state index contributed by atoms with van der Waals surface area (Å²) < 4.78 is 52.7. The molecule has 1 fully saturated rings. The van der Waals surface area contributed by atoms with Crippen molar-refractivity contribution in [2.24, 2.45) is 5.92 Å². The summed E-state index contributed by atoms with van der Waals surface area (Å²) in [7, 11) is -4.11. The Kier molecular flexibility index (Phi) is 4.35. The third-order valence-corrected chi connectivity index (χ3v) is 5.02. The van der Waals surface area contributed by atoms with Crippen molar-refractivity contribution in [2.75, 3.05) is 13.1 Å². The van der Waals surface area contributed by atoms with Crippen LogP contribution in [0, 0.1) is 28.9 Å². The fraction of sp³-hybridized carbons (Fsp3) is 0.462. The van der Waals surface area contributed by atoms with Crippen molar-refractivity contribution in [1.82, 2.24) is 4.31 Å². The molecule has 1 saturated carbocycles. The molecule has 0 amide bonds. The molecule has 0 atom stereocenters. The number of benzene rings is 1. The molecule has 0 spiro atoms. The summed E-state index contributed by atoms with van der Waals surface area (Å²) in [4.78, 5) is -0.670. The number of nitrogens with zero attached hydrogens (tertiary/aromatic N) is 2. The van der Waals surface area contributed by atoms with E-state index in [2.05, 4.69) is 0 Å². The highest BCUT2D eigenvalue weighted by atomic mass is 32.2. The maximum absolute atomic E-state index is 13.7. The molecule has 4 nitrogen and oxygen atoms in total. The molecule has 0 unspecified atom stereocenters. The van der Waals surface area contributed by atoms with E-state index in [0.29, 0.717) is 6.07 Å². The zero-order valence-electron chi connectivity index (χ0n) is 10.7. The largest absolute Gasteiger partial charge is 0.246 e. The van der Waals surface area contributed by atoms with E-state index in [-0.39, 0.29) is 25.4 Å². The second-order valence-electron chi connectivity index (χ2n) is 4.79. The fourth-order valence-electron chi connectivity index (χ4n) is 1.89. The first-order chi connectivity index (χ1) is 9.45. The average Bonchev–Trinajstić information content (AvgIpc) is 3.21. The van der Waals surface area contributed by atoms with Crippen molar-refractivity contribution >= 4 is 10.0 Å². The van der Waals surface area contributed by atoms with Gasteiger partial charge in [-0.2, -0.15) is 9.57 Å². The first-order valence-electron chi connectivity index (χ1n) is 6.27. The minimum Gasteiger partial charge on any atom is -0.207 e. The molecule has 20 heavy (non-hydrogen) atoms. The summed E-state index contributed by atoms with van der Waals surface area (Å²) in [6.45, 7) is 0.241. The van der Waals surface area contributed by atoms with Gasteiger partial charge in [0.15, 0.2) is 0 Å². The number of halogens is 2. The first-order valence-corrected chi connectivity index (χ1v) is 7.71. The number of sulfonamides is 1. The highest BCUT2D eigenvalue weighted by Gasteiger charge is 2.33. The third-order valence-electron chi connectivity index (χ3n) is 3.14. The summed E-state index contributed by atoms with van der Waals surface area (Å²) in [6, 6.07) is 4.21. The minimum absolute atomic E-state index is 0.00864. The average molecular weight is 300 g/mol. The van der Waals surface area contributed by atoms with E-state index < -0.39 is 26.6 Å². The van der Waals surface area contributed by atoms with Crippen molar-refractivity contribution in [1.29, 1.82) is 5.26 Å². The maximum Gasteiger partial charge on any atom is 0.246 e. The molecule has 0 heterocycles. The van der Waals surface area contributed by atoms with E-state index in [1.165, 1.54) is 0 Å². The Morgan fingerprint density at radius 2 is 2.05 bits per heavy atom. The van der Waals surface area contributed by atoms with Gasteiger partial charge in [0.25, 0.3) is 0 Å². The Labute approximate surface area is 116 Å². The lowest BCUT2D eigenvalue weighted by Crippen LogP contribution is -2.34. The van der Waals surface area contributed by atoms with Gasteiger partial charge in [0.2, 0.25) is 10.0 Å². The number of hydrogen-bond donors (Lipinski definition) is 0. The Morgan fingerprint density at radius 1 is 1.35 bits per heavy atom. The van der Waals surface area contributed by atoms with Gasteiger partial charge in [0.1, 0.15) is 16.5 Å². The van der Waals surface area contributed by atoms with E-state index in [9.17, 15) is 17.2 Å². The van der Waals surface area contributed by atoms with Crippen molar-refractivity contribution in [3.63, 3.8) is 0 Å². The predicted octanol–water partition coefficient (Wildman–Crippen LogP) is 2.28. The normalized spacial score (nSPS) is 15.3. The van der Waals surface area contributed by atoms with Gasteiger partial charge >= 0.3 is 0 Å². The summed E-state index contributed by atoms with van der Waals surface area (Å²) in [6.07, 6.45) is 1.86. The van der Waals surface area contributed by atoms with Gasteiger partial charge in [-0.05, 0) is 37.0 Å². The van der Waals surface area contributed by atoms with Gasteiger partial charge in [0, 0.05) is 19.5 Å². The van der Waals surface area contributed by atoms with Crippen LogP contribution in [-0.2, 0) is 10.0 Å². The lowest BCUT2D eigenvalue weighted by Gasteiger charge is -2.21. The molecule has 1 aliphatic carbocycles. The van der Waals surface area contributed by atoms with Crippen molar-refractivity contribution in [2.45, 2.75) is 24.2 Å². The third kappa shape index (κ3) is 3.32. The van der Waals surface area contributed by atoms with Crippen LogP contribution in [0.1, 0.15) is 19.3 Å². The van der Waals surface area contributed by atoms with Crippen LogP contribution in [-0.4, -0.2) is 25.8 Å². The quantitative estimate of drug-likeness (QED) is 0.809. The number of nitriles is 1. The SMILES string of the molecule is N#CCCN(CC1CC1)S(=O)(=O)c1cc(F)ccc1F. The van der Waals surface area contributed by atoms with Crippen molar-refractivity contribution in [3.05, 3.63) is 29.8 Å². The summed E-state index contributed by atoms with van der Waals surface area (Å²) >= 11 is 0. The van der Waals surface area contributed by atoms with Gasteiger partial charge in [-0.3, -0.25) is 0 Å². The van der Waals surface area contributed by atoms with Crippen LogP contribution in [0.25, 0.3) is 0 Å². The maximum atomic E-state index is 13.7. The van der Waals surface area contributed by atoms with Gasteiger partial charge < -0.3 is 0 Å². The van der Waals surface area contributed by atoms with E-state index in [4.69, 9.17) is 5.26 Å². The topological polar surface area (TPSA) is 61.2 Å². The molecular formula is C13H14F2N2O2S. The Hall–Kier alpha value is -1.52. The summed E-state index contributed by atoms with van der Waals surface area (Å²) in [5.41, 5.74) is 0. The summed E-state index contributed by atoms with van der Waals surface area (Å²) in [5, 5.41) is 8.59. The minimum atomic E-state index is -4.11. The molecule has 1 aromatic carbocycles. The zero-order valence-corrected chi connectivity index (χ0v) is 11.5. The Morgan fingerprint density at radius 3 is 2.65 bits per heavy atom. The summed E-state index contributed by atoms with van der Waals surface area (Å²) in [5.74, 6) is -1.54. The fourth-order valence-corrected chi connectivity index (χ4v) is 3.48. The molecule has 1 aliphatic rings. The van der Waals surface area contributed by atoms with Crippen LogP contribution in [0.4, 0.5) is 8.78 Å². The molecule has 7 heteroatoms. The second-order valence-corrected chi connectivity index (χ2v) is 6.70. The standard InChI is InChI=1S/C13H14F2N2O2S/c14-11-4-5-12(15)13(8-11)20(18,19)17(7-1-6-16)9-10-2-3-10/h4-5,8,10H,1-3,7,9H2.